The minimum atomic E-state index is 0.0293. The van der Waals surface area contributed by atoms with E-state index in [0.717, 1.165) is 12.1 Å². The highest BCUT2D eigenvalue weighted by atomic mass is 14.7. The highest BCUT2D eigenvalue weighted by Gasteiger charge is 2.21. The van der Waals surface area contributed by atoms with Crippen LogP contribution in [0.5, 0.6) is 0 Å². The first kappa shape index (κ1) is 18.2. The molecule has 0 atom stereocenters. The van der Waals surface area contributed by atoms with Gasteiger partial charge in [-0.2, -0.15) is 0 Å². The van der Waals surface area contributed by atoms with Crippen molar-refractivity contribution >= 4 is 11.6 Å². The highest BCUT2D eigenvalue weighted by Crippen LogP contribution is 2.32. The third-order valence-electron chi connectivity index (χ3n) is 4.56. The summed E-state index contributed by atoms with van der Waals surface area (Å²) >= 11 is 0. The summed E-state index contributed by atoms with van der Waals surface area (Å²) in [7, 11) is 0. The van der Waals surface area contributed by atoms with Gasteiger partial charge in [0.25, 0.3) is 0 Å². The van der Waals surface area contributed by atoms with Crippen LogP contribution in [-0.4, -0.2) is 5.87 Å². The van der Waals surface area contributed by atoms with Gasteiger partial charge >= 0.3 is 0 Å². The first-order chi connectivity index (χ1) is 11.2. The van der Waals surface area contributed by atoms with Gasteiger partial charge in [0, 0.05) is 0 Å². The number of aliphatic imine (C=N–C) groups is 1. The zero-order valence-corrected chi connectivity index (χ0v) is 15.9. The van der Waals surface area contributed by atoms with Gasteiger partial charge in [-0.05, 0) is 52.8 Å². The average Bonchev–Trinajstić information content (AvgIpc) is 2.52. The molecule has 0 aromatic heterocycles. The fourth-order valence-corrected chi connectivity index (χ4v) is 2.74. The molecular weight excluding hydrogens is 290 g/mol. The third kappa shape index (κ3) is 4.69. The number of benzene rings is 2. The molecule has 0 radical (unpaired) electrons. The van der Waals surface area contributed by atoms with Crippen molar-refractivity contribution in [3.8, 4) is 0 Å². The lowest BCUT2D eigenvalue weighted by molar-refractivity contribution is 0.449. The highest BCUT2D eigenvalue weighted by molar-refractivity contribution is 5.66. The molecule has 0 heterocycles. The van der Waals surface area contributed by atoms with Gasteiger partial charge in [-0.1, -0.05) is 83.1 Å². The molecule has 0 fully saturated rings. The van der Waals surface area contributed by atoms with Crippen LogP contribution < -0.4 is 0 Å². The van der Waals surface area contributed by atoms with Crippen LogP contribution in [0.4, 0.5) is 5.69 Å². The van der Waals surface area contributed by atoms with Crippen molar-refractivity contribution in [1.29, 1.82) is 0 Å². The normalized spacial score (nSPS) is 11.8. The van der Waals surface area contributed by atoms with Crippen molar-refractivity contribution in [2.45, 2.75) is 53.4 Å². The van der Waals surface area contributed by atoms with E-state index in [2.05, 4.69) is 95.9 Å². The molecule has 0 saturated heterocycles. The van der Waals surface area contributed by atoms with Crippen molar-refractivity contribution in [2.75, 3.05) is 0 Å². The topological polar surface area (TPSA) is 12.4 Å². The molecule has 0 saturated carbocycles. The predicted octanol–water partition coefficient (Wildman–Crippen LogP) is 6.50. The summed E-state index contributed by atoms with van der Waals surface area (Å²) in [4.78, 5) is 4.69. The van der Waals surface area contributed by atoms with Crippen LogP contribution in [0.2, 0.25) is 0 Å². The molecule has 0 spiro atoms. The lowest BCUT2D eigenvalue weighted by atomic mass is 9.80. The van der Waals surface area contributed by atoms with Crippen LogP contribution in [0.15, 0.2) is 65.2 Å². The number of nitrogens with zero attached hydrogens (tertiary/aromatic N) is 1. The van der Waals surface area contributed by atoms with Crippen molar-refractivity contribution in [3.63, 3.8) is 0 Å². The van der Waals surface area contributed by atoms with E-state index in [4.69, 9.17) is 4.99 Å². The lowest BCUT2D eigenvalue weighted by Gasteiger charge is -2.24. The zero-order chi connectivity index (χ0) is 17.8. The summed E-state index contributed by atoms with van der Waals surface area (Å²) in [6.45, 7) is 13.3. The number of hydrogen-bond acceptors (Lipinski definition) is 1. The minimum Gasteiger partial charge on any atom is -0.206 e. The summed E-state index contributed by atoms with van der Waals surface area (Å²) in [5.41, 5.74) is 4.90. The Kier molecular flexibility index (Phi) is 5.47. The van der Waals surface area contributed by atoms with Crippen LogP contribution in [0.1, 0.15) is 52.7 Å². The smallest absolute Gasteiger partial charge is 0.0766 e. The maximum absolute atomic E-state index is 4.69. The van der Waals surface area contributed by atoms with Crippen molar-refractivity contribution in [2.24, 2.45) is 10.4 Å². The molecule has 0 aliphatic rings. The van der Waals surface area contributed by atoms with E-state index in [1.165, 1.54) is 16.7 Å². The largest absolute Gasteiger partial charge is 0.206 e. The monoisotopic (exact) mass is 319 g/mol. The fraction of sp³-hybridized carbons (Fsp3) is 0.391. The fourth-order valence-electron chi connectivity index (χ4n) is 2.74. The first-order valence-corrected chi connectivity index (χ1v) is 8.64. The Morgan fingerprint density at radius 2 is 1.46 bits per heavy atom. The summed E-state index contributed by atoms with van der Waals surface area (Å²) in [5.74, 6) is 3.31. The van der Waals surface area contributed by atoms with E-state index in [1.54, 1.807) is 0 Å². The molecule has 1 nitrogen and oxygen atoms in total. The maximum atomic E-state index is 4.69. The molecule has 2 aromatic rings. The molecular formula is C23H29N. The Morgan fingerprint density at radius 3 is 2.08 bits per heavy atom. The number of allylic oxidation sites excluding steroid dienone is 1. The number of para-hydroxylation sites is 1. The molecule has 0 aliphatic carbocycles. The van der Waals surface area contributed by atoms with E-state index in [1.807, 2.05) is 6.07 Å². The van der Waals surface area contributed by atoms with Gasteiger partial charge in [-0.15, -0.1) is 0 Å². The molecule has 0 unspecified atom stereocenters. The Bertz CT molecular complexity index is 739. The lowest BCUT2D eigenvalue weighted by Crippen LogP contribution is -2.17. The van der Waals surface area contributed by atoms with Crippen molar-refractivity contribution in [1.82, 2.24) is 0 Å². The standard InChI is InChI=1S/C23H29N/c1-18(23(5,6)16-19-12-8-7-9-13-19)17-24-21-15-11-10-14-20(21)22(2,3)4/h7-15H,16H2,1-6H3. The van der Waals surface area contributed by atoms with E-state index in [0.29, 0.717) is 0 Å². The van der Waals surface area contributed by atoms with Crippen molar-refractivity contribution in [3.05, 3.63) is 71.3 Å². The van der Waals surface area contributed by atoms with Crippen LogP contribution in [0, 0.1) is 5.41 Å². The summed E-state index contributed by atoms with van der Waals surface area (Å²) < 4.78 is 0. The van der Waals surface area contributed by atoms with Crippen LogP contribution in [-0.2, 0) is 11.8 Å². The van der Waals surface area contributed by atoms with Crippen LogP contribution in [0.25, 0.3) is 0 Å². The van der Waals surface area contributed by atoms with E-state index < -0.39 is 0 Å². The minimum absolute atomic E-state index is 0.0293. The maximum Gasteiger partial charge on any atom is 0.0766 e. The molecule has 24 heavy (non-hydrogen) atoms. The molecule has 2 aromatic carbocycles. The SMILES string of the molecule is CC(=C=Nc1ccccc1C(C)(C)C)C(C)(C)Cc1ccccc1. The van der Waals surface area contributed by atoms with Crippen LogP contribution >= 0.6 is 0 Å². The molecule has 2 rings (SSSR count). The molecule has 1 heteroatoms. The molecule has 126 valence electrons. The van der Waals surface area contributed by atoms with E-state index >= 15 is 0 Å². The average molecular weight is 319 g/mol. The van der Waals surface area contributed by atoms with Gasteiger partial charge in [0.2, 0.25) is 0 Å². The van der Waals surface area contributed by atoms with E-state index in [9.17, 15) is 0 Å². The summed E-state index contributed by atoms with van der Waals surface area (Å²) in [5, 5.41) is 0. The Morgan fingerprint density at radius 1 is 0.875 bits per heavy atom. The van der Waals surface area contributed by atoms with Crippen molar-refractivity contribution < 1.29 is 0 Å². The van der Waals surface area contributed by atoms with Gasteiger partial charge in [-0.25, -0.2) is 4.99 Å². The third-order valence-corrected chi connectivity index (χ3v) is 4.56. The van der Waals surface area contributed by atoms with Crippen LogP contribution in [0.3, 0.4) is 0 Å². The predicted molar refractivity (Wildman–Crippen MR) is 105 cm³/mol. The Labute approximate surface area is 147 Å². The second-order valence-corrected chi connectivity index (χ2v) is 8.16. The number of rotatable bonds is 4. The molecule has 0 aliphatic heterocycles. The Balaban J connectivity index is 2.32. The van der Waals surface area contributed by atoms with Gasteiger partial charge in [0.15, 0.2) is 0 Å². The Hall–Kier alpha value is -2.11. The quantitative estimate of drug-likeness (QED) is 0.570. The molecule has 0 amide bonds. The zero-order valence-electron chi connectivity index (χ0n) is 15.9. The molecule has 0 N–H and O–H groups in total. The van der Waals surface area contributed by atoms with Gasteiger partial charge in [0.05, 0.1) is 5.69 Å². The summed E-state index contributed by atoms with van der Waals surface area (Å²) in [6.07, 6.45) is 0.989. The van der Waals surface area contributed by atoms with Gasteiger partial charge < -0.3 is 0 Å². The molecule has 0 bridgehead atoms. The van der Waals surface area contributed by atoms with Gasteiger partial charge in [-0.3, -0.25) is 0 Å². The number of hydrogen-bond donors (Lipinski definition) is 0. The van der Waals surface area contributed by atoms with E-state index in [-0.39, 0.29) is 10.8 Å². The second-order valence-electron chi connectivity index (χ2n) is 8.16. The first-order valence-electron chi connectivity index (χ1n) is 8.64. The second kappa shape index (κ2) is 7.20. The van der Waals surface area contributed by atoms with Gasteiger partial charge in [0.1, 0.15) is 0 Å². The summed E-state index contributed by atoms with van der Waals surface area (Å²) in [6, 6.07) is 19.0.